The lowest BCUT2D eigenvalue weighted by Crippen LogP contribution is -2.47. The number of ether oxygens (including phenoxy) is 1. The first kappa shape index (κ1) is 20.0. The fourth-order valence-corrected chi connectivity index (χ4v) is 5.05. The number of pyridine rings is 2. The Bertz CT molecular complexity index is 1060. The third kappa shape index (κ3) is 4.01. The van der Waals surface area contributed by atoms with E-state index in [1.54, 1.807) is 13.3 Å². The summed E-state index contributed by atoms with van der Waals surface area (Å²) < 4.78 is 18.4. The molecule has 3 aromatic heterocycles. The second kappa shape index (κ2) is 8.30. The Morgan fingerprint density at radius 1 is 1.19 bits per heavy atom. The van der Waals surface area contributed by atoms with Gasteiger partial charge in [-0.3, -0.25) is 15.0 Å². The molecule has 3 N–H and O–H groups in total. The molecule has 2 aliphatic heterocycles. The topological polar surface area (TPSA) is 91.0 Å². The van der Waals surface area contributed by atoms with Crippen molar-refractivity contribution in [2.45, 2.75) is 50.7 Å². The van der Waals surface area contributed by atoms with Crippen LogP contribution in [0.15, 0.2) is 24.4 Å². The Balaban J connectivity index is 1.44. The Hall–Kier alpha value is -2.94. The van der Waals surface area contributed by atoms with Crippen LogP contribution in [-0.4, -0.2) is 63.5 Å². The molecule has 0 aromatic carbocycles. The molecule has 0 radical (unpaired) electrons. The molecular formula is C22H28FN7O. The number of H-pyrrole nitrogens is 1. The molecule has 0 aliphatic carbocycles. The van der Waals surface area contributed by atoms with E-state index < -0.39 is 0 Å². The van der Waals surface area contributed by atoms with Gasteiger partial charge in [-0.2, -0.15) is 5.10 Å². The zero-order chi connectivity index (χ0) is 21.4. The third-order valence-electron chi connectivity index (χ3n) is 6.42. The van der Waals surface area contributed by atoms with Crippen LogP contribution in [-0.2, 0) is 0 Å². The van der Waals surface area contributed by atoms with Crippen LogP contribution in [0.3, 0.4) is 0 Å². The zero-order valence-corrected chi connectivity index (χ0v) is 17.9. The number of rotatable bonds is 7. The van der Waals surface area contributed by atoms with Crippen molar-refractivity contribution >= 4 is 28.4 Å². The summed E-state index contributed by atoms with van der Waals surface area (Å²) in [6.45, 7) is 2.23. The molecule has 5 rings (SSSR count). The molecule has 2 fully saturated rings. The summed E-state index contributed by atoms with van der Waals surface area (Å²) >= 11 is 0. The largest absolute Gasteiger partial charge is 0.495 e. The number of piperidine rings is 1. The van der Waals surface area contributed by atoms with Crippen molar-refractivity contribution < 1.29 is 9.13 Å². The number of alkyl halides is 1. The van der Waals surface area contributed by atoms with E-state index in [-0.39, 0.29) is 12.7 Å². The fraction of sp³-hybridized carbons (Fsp3) is 0.500. The van der Waals surface area contributed by atoms with Gasteiger partial charge in [0.1, 0.15) is 24.1 Å². The number of aromatic amines is 1. The summed E-state index contributed by atoms with van der Waals surface area (Å²) in [4.78, 5) is 11.8. The Morgan fingerprint density at radius 2 is 2.00 bits per heavy atom. The van der Waals surface area contributed by atoms with Gasteiger partial charge < -0.3 is 15.4 Å². The lowest BCUT2D eigenvalue weighted by molar-refractivity contribution is 0.123. The molecule has 2 aliphatic rings. The van der Waals surface area contributed by atoms with Crippen LogP contribution in [0, 0.1) is 6.92 Å². The predicted molar refractivity (Wildman–Crippen MR) is 119 cm³/mol. The van der Waals surface area contributed by atoms with Crippen LogP contribution in [0.4, 0.5) is 21.8 Å². The van der Waals surface area contributed by atoms with E-state index in [1.165, 1.54) is 0 Å². The lowest BCUT2D eigenvalue weighted by Gasteiger charge is -2.39. The van der Waals surface area contributed by atoms with Gasteiger partial charge in [0.15, 0.2) is 5.82 Å². The standard InChI is InChI=1S/C22H28FN7O/c1-13-7-21(29-28-13)26-20-11-19-18(10-17(31-2)12-24-19)22(27-20)25-14-8-15-3-4-16(9-14)30(15)6-5-23/h7,10-12,14-16H,3-6,8-9H2,1-2H3,(H3,25,26,27,28,29)/t14?,15-,16+. The van der Waals surface area contributed by atoms with Crippen molar-refractivity contribution in [2.24, 2.45) is 0 Å². The Labute approximate surface area is 180 Å². The molecule has 31 heavy (non-hydrogen) atoms. The van der Waals surface area contributed by atoms with Crippen molar-refractivity contribution in [1.29, 1.82) is 0 Å². The number of fused-ring (bicyclic) bond motifs is 3. The second-order valence-corrected chi connectivity index (χ2v) is 8.48. The Kier molecular flexibility index (Phi) is 5.35. The highest BCUT2D eigenvalue weighted by Gasteiger charge is 2.40. The predicted octanol–water partition coefficient (Wildman–Crippen LogP) is 3.79. The van der Waals surface area contributed by atoms with E-state index >= 15 is 0 Å². The normalized spacial score (nSPS) is 23.3. The van der Waals surface area contributed by atoms with E-state index in [0.717, 1.165) is 48.1 Å². The van der Waals surface area contributed by atoms with E-state index in [0.29, 0.717) is 36.0 Å². The minimum atomic E-state index is -0.275. The second-order valence-electron chi connectivity index (χ2n) is 8.48. The quantitative estimate of drug-likeness (QED) is 0.530. The van der Waals surface area contributed by atoms with Gasteiger partial charge in [-0.1, -0.05) is 0 Å². The molecule has 3 atom stereocenters. The molecular weight excluding hydrogens is 397 g/mol. The summed E-state index contributed by atoms with van der Waals surface area (Å²) in [5, 5.41) is 15.0. The smallest absolute Gasteiger partial charge is 0.153 e. The first-order chi connectivity index (χ1) is 15.1. The molecule has 2 bridgehead atoms. The number of halogens is 1. The van der Waals surface area contributed by atoms with Gasteiger partial charge in [-0.15, -0.1) is 0 Å². The molecule has 0 spiro atoms. The number of aromatic nitrogens is 4. The number of hydrogen-bond acceptors (Lipinski definition) is 7. The maximum absolute atomic E-state index is 13.0. The number of hydrogen-bond donors (Lipinski definition) is 3. The van der Waals surface area contributed by atoms with Gasteiger partial charge >= 0.3 is 0 Å². The highest BCUT2D eigenvalue weighted by Crippen LogP contribution is 2.37. The van der Waals surface area contributed by atoms with Crippen LogP contribution in [0.2, 0.25) is 0 Å². The number of nitrogens with zero attached hydrogens (tertiary/aromatic N) is 4. The molecule has 0 amide bonds. The molecule has 2 saturated heterocycles. The van der Waals surface area contributed by atoms with Gasteiger partial charge in [0.25, 0.3) is 0 Å². The van der Waals surface area contributed by atoms with Gasteiger partial charge in [0, 0.05) is 47.9 Å². The van der Waals surface area contributed by atoms with Crippen LogP contribution in [0.5, 0.6) is 5.75 Å². The SMILES string of the molecule is COc1cnc2cc(Nc3cc(C)[nH]n3)nc(NC3C[C@H]4CC[C@@H](C3)N4CCF)c2c1. The molecule has 164 valence electrons. The highest BCUT2D eigenvalue weighted by atomic mass is 19.1. The molecule has 9 heteroatoms. The third-order valence-corrected chi connectivity index (χ3v) is 6.42. The van der Waals surface area contributed by atoms with Gasteiger partial charge in [-0.25, -0.2) is 9.37 Å². The van der Waals surface area contributed by atoms with E-state index in [9.17, 15) is 4.39 Å². The number of methoxy groups -OCH3 is 1. The van der Waals surface area contributed by atoms with Crippen molar-refractivity contribution in [3.8, 4) is 5.75 Å². The molecule has 0 saturated carbocycles. The fourth-order valence-electron chi connectivity index (χ4n) is 5.05. The Morgan fingerprint density at radius 3 is 2.68 bits per heavy atom. The van der Waals surface area contributed by atoms with E-state index in [1.807, 2.05) is 25.1 Å². The van der Waals surface area contributed by atoms with Crippen LogP contribution < -0.4 is 15.4 Å². The van der Waals surface area contributed by atoms with E-state index in [4.69, 9.17) is 9.72 Å². The highest BCUT2D eigenvalue weighted by molar-refractivity contribution is 5.92. The maximum Gasteiger partial charge on any atom is 0.153 e. The van der Waals surface area contributed by atoms with Crippen LogP contribution >= 0.6 is 0 Å². The van der Waals surface area contributed by atoms with E-state index in [2.05, 4.69) is 30.7 Å². The first-order valence-corrected chi connectivity index (χ1v) is 10.8. The molecule has 8 nitrogen and oxygen atoms in total. The molecule has 5 heterocycles. The van der Waals surface area contributed by atoms with Crippen molar-refractivity contribution in [2.75, 3.05) is 31.0 Å². The molecule has 3 aromatic rings. The average molecular weight is 426 g/mol. The lowest BCUT2D eigenvalue weighted by atomic mass is 9.97. The number of aryl methyl sites for hydroxylation is 1. The zero-order valence-electron chi connectivity index (χ0n) is 17.9. The maximum atomic E-state index is 13.0. The summed E-state index contributed by atoms with van der Waals surface area (Å²) in [6.07, 6.45) is 5.99. The minimum Gasteiger partial charge on any atom is -0.495 e. The number of nitrogens with one attached hydrogen (secondary N) is 3. The van der Waals surface area contributed by atoms with Gasteiger partial charge in [0.2, 0.25) is 0 Å². The van der Waals surface area contributed by atoms with Crippen molar-refractivity contribution in [3.05, 3.63) is 30.1 Å². The van der Waals surface area contributed by atoms with Crippen LogP contribution in [0.1, 0.15) is 31.4 Å². The molecule has 1 unspecified atom stereocenters. The van der Waals surface area contributed by atoms with Crippen molar-refractivity contribution in [3.63, 3.8) is 0 Å². The monoisotopic (exact) mass is 425 g/mol. The van der Waals surface area contributed by atoms with Gasteiger partial charge in [0.05, 0.1) is 18.8 Å². The van der Waals surface area contributed by atoms with Gasteiger partial charge in [-0.05, 0) is 38.7 Å². The first-order valence-electron chi connectivity index (χ1n) is 10.8. The van der Waals surface area contributed by atoms with Crippen molar-refractivity contribution in [1.82, 2.24) is 25.1 Å². The summed E-state index contributed by atoms with van der Waals surface area (Å²) in [5.74, 6) is 2.86. The summed E-state index contributed by atoms with van der Waals surface area (Å²) in [7, 11) is 1.64. The number of anilines is 3. The summed E-state index contributed by atoms with van der Waals surface area (Å²) in [6, 6.07) is 6.99. The minimum absolute atomic E-state index is 0.275. The van der Waals surface area contributed by atoms with Crippen LogP contribution in [0.25, 0.3) is 10.9 Å². The average Bonchev–Trinajstić information content (AvgIpc) is 3.27. The summed E-state index contributed by atoms with van der Waals surface area (Å²) in [5.41, 5.74) is 1.80.